The van der Waals surface area contributed by atoms with E-state index in [2.05, 4.69) is 10.1 Å². The number of furan rings is 1. The van der Waals surface area contributed by atoms with E-state index < -0.39 is 0 Å². The number of amides is 1. The van der Waals surface area contributed by atoms with Crippen LogP contribution in [0.2, 0.25) is 0 Å². The number of rotatable bonds is 4. The molecule has 24 heavy (non-hydrogen) atoms. The molecule has 0 unspecified atom stereocenters. The maximum absolute atomic E-state index is 12.5. The Morgan fingerprint density at radius 3 is 2.67 bits per heavy atom. The molecule has 0 bridgehead atoms. The quantitative estimate of drug-likeness (QED) is 0.863. The largest absolute Gasteiger partial charge is 0.461 e. The zero-order valence-electron chi connectivity index (χ0n) is 13.8. The maximum atomic E-state index is 12.5. The number of aromatic nitrogens is 1. The molecule has 2 aromatic rings. The van der Waals surface area contributed by atoms with Crippen LogP contribution in [-0.2, 0) is 11.3 Å². The minimum atomic E-state index is 0.281. The van der Waals surface area contributed by atoms with Crippen LogP contribution in [0.3, 0.4) is 0 Å². The zero-order valence-corrected chi connectivity index (χ0v) is 13.8. The van der Waals surface area contributed by atoms with Crippen molar-refractivity contribution in [3.05, 3.63) is 30.2 Å². The lowest BCUT2D eigenvalue weighted by molar-refractivity contribution is -0.137. The molecule has 0 radical (unpaired) electrons. The van der Waals surface area contributed by atoms with Crippen molar-refractivity contribution in [3.63, 3.8) is 0 Å². The van der Waals surface area contributed by atoms with E-state index >= 15 is 0 Å². The van der Waals surface area contributed by atoms with Crippen LogP contribution in [0, 0.1) is 5.92 Å². The van der Waals surface area contributed by atoms with Gasteiger partial charge in [-0.1, -0.05) is 18.0 Å². The lowest BCUT2D eigenvalue weighted by atomic mass is 10.1. The summed E-state index contributed by atoms with van der Waals surface area (Å²) in [5.74, 6) is 2.00. The average molecular weight is 329 g/mol. The molecule has 6 heteroatoms. The normalized spacial score (nSPS) is 19.9. The Kier molecular flexibility index (Phi) is 4.38. The Hall–Kier alpha value is -2.08. The van der Waals surface area contributed by atoms with Gasteiger partial charge < -0.3 is 13.8 Å². The topological polar surface area (TPSA) is 62.7 Å². The van der Waals surface area contributed by atoms with Gasteiger partial charge in [0.1, 0.15) is 0 Å². The molecule has 1 amide bonds. The van der Waals surface area contributed by atoms with Crippen molar-refractivity contribution >= 4 is 5.91 Å². The molecule has 6 nitrogen and oxygen atoms in total. The number of nitrogens with zero attached hydrogens (tertiary/aromatic N) is 3. The van der Waals surface area contributed by atoms with Crippen LogP contribution in [-0.4, -0.2) is 47.0 Å². The SMILES string of the molecule is O=C(C1CCCC1)N1CCN(Cc2cc(-c3ccco3)on2)CC1. The van der Waals surface area contributed by atoms with Gasteiger partial charge in [0.2, 0.25) is 11.7 Å². The second-order valence-corrected chi connectivity index (χ2v) is 6.74. The highest BCUT2D eigenvalue weighted by Gasteiger charge is 2.29. The third kappa shape index (κ3) is 3.24. The van der Waals surface area contributed by atoms with Gasteiger partial charge in [-0.3, -0.25) is 9.69 Å². The summed E-state index contributed by atoms with van der Waals surface area (Å²) >= 11 is 0. The molecular formula is C18H23N3O3. The maximum Gasteiger partial charge on any atom is 0.225 e. The fourth-order valence-electron chi connectivity index (χ4n) is 3.71. The Morgan fingerprint density at radius 2 is 1.96 bits per heavy atom. The summed E-state index contributed by atoms with van der Waals surface area (Å²) in [5, 5.41) is 4.13. The molecule has 2 aromatic heterocycles. The van der Waals surface area contributed by atoms with Crippen LogP contribution in [0.1, 0.15) is 31.4 Å². The van der Waals surface area contributed by atoms with Crippen molar-refractivity contribution in [2.75, 3.05) is 26.2 Å². The Balaban J connectivity index is 1.29. The molecule has 4 rings (SSSR count). The Bertz CT molecular complexity index is 666. The number of hydrogen-bond acceptors (Lipinski definition) is 5. The summed E-state index contributed by atoms with van der Waals surface area (Å²) in [6.07, 6.45) is 6.19. The Labute approximate surface area is 141 Å². The van der Waals surface area contributed by atoms with E-state index in [1.165, 1.54) is 12.8 Å². The van der Waals surface area contributed by atoms with E-state index in [-0.39, 0.29) is 5.92 Å². The molecule has 3 heterocycles. The minimum absolute atomic E-state index is 0.281. The molecule has 0 aromatic carbocycles. The second-order valence-electron chi connectivity index (χ2n) is 6.74. The lowest BCUT2D eigenvalue weighted by Crippen LogP contribution is -2.49. The van der Waals surface area contributed by atoms with Gasteiger partial charge in [-0.05, 0) is 25.0 Å². The molecule has 128 valence electrons. The van der Waals surface area contributed by atoms with Crippen molar-refractivity contribution in [1.82, 2.24) is 15.0 Å². The molecule has 2 aliphatic rings. The van der Waals surface area contributed by atoms with Crippen molar-refractivity contribution in [1.29, 1.82) is 0 Å². The standard InChI is InChI=1S/C18H23N3O3/c22-18(14-4-1-2-5-14)21-9-7-20(8-10-21)13-15-12-17(24-19-15)16-6-3-11-23-16/h3,6,11-12,14H,1-2,4-5,7-10,13H2. The predicted molar refractivity (Wildman–Crippen MR) is 88.0 cm³/mol. The molecule has 1 aliphatic carbocycles. The summed E-state index contributed by atoms with van der Waals surface area (Å²) in [5.41, 5.74) is 0.900. The van der Waals surface area contributed by atoms with E-state index in [9.17, 15) is 4.79 Å². The highest BCUT2D eigenvalue weighted by Crippen LogP contribution is 2.27. The number of carbonyl (C=O) groups is 1. The van der Waals surface area contributed by atoms with Gasteiger partial charge in [-0.25, -0.2) is 0 Å². The lowest BCUT2D eigenvalue weighted by Gasteiger charge is -2.35. The second kappa shape index (κ2) is 6.81. The number of piperazine rings is 1. The first kappa shape index (κ1) is 15.4. The highest BCUT2D eigenvalue weighted by molar-refractivity contribution is 5.79. The minimum Gasteiger partial charge on any atom is -0.461 e. The van der Waals surface area contributed by atoms with Crippen LogP contribution >= 0.6 is 0 Å². The van der Waals surface area contributed by atoms with E-state index in [0.717, 1.165) is 51.3 Å². The third-order valence-corrected chi connectivity index (χ3v) is 5.10. The fourth-order valence-corrected chi connectivity index (χ4v) is 3.71. The third-order valence-electron chi connectivity index (χ3n) is 5.10. The first-order valence-electron chi connectivity index (χ1n) is 8.80. The summed E-state index contributed by atoms with van der Waals surface area (Å²) in [4.78, 5) is 16.8. The van der Waals surface area contributed by atoms with Gasteiger partial charge in [0.05, 0.1) is 12.0 Å². The zero-order chi connectivity index (χ0) is 16.4. The Morgan fingerprint density at radius 1 is 1.17 bits per heavy atom. The van der Waals surface area contributed by atoms with Crippen LogP contribution in [0.15, 0.2) is 33.4 Å². The van der Waals surface area contributed by atoms with Gasteiger partial charge in [-0.15, -0.1) is 0 Å². The predicted octanol–water partition coefficient (Wildman–Crippen LogP) is 2.77. The van der Waals surface area contributed by atoms with Gasteiger partial charge in [-0.2, -0.15) is 0 Å². The highest BCUT2D eigenvalue weighted by atomic mass is 16.5. The van der Waals surface area contributed by atoms with Crippen molar-refractivity contribution < 1.29 is 13.7 Å². The molecule has 1 aliphatic heterocycles. The van der Waals surface area contributed by atoms with E-state index in [0.29, 0.717) is 17.4 Å². The number of carbonyl (C=O) groups excluding carboxylic acids is 1. The first-order valence-corrected chi connectivity index (χ1v) is 8.80. The summed E-state index contributed by atoms with van der Waals surface area (Å²) in [6.45, 7) is 4.16. The van der Waals surface area contributed by atoms with Gasteiger partial charge in [0, 0.05) is 44.7 Å². The summed E-state index contributed by atoms with van der Waals surface area (Å²) < 4.78 is 10.7. The molecule has 2 fully saturated rings. The molecule has 0 atom stereocenters. The van der Waals surface area contributed by atoms with E-state index in [1.807, 2.05) is 23.1 Å². The molecule has 1 saturated heterocycles. The molecule has 0 N–H and O–H groups in total. The fraction of sp³-hybridized carbons (Fsp3) is 0.556. The van der Waals surface area contributed by atoms with Crippen LogP contribution < -0.4 is 0 Å². The average Bonchev–Trinajstić information content (AvgIpc) is 3.36. The van der Waals surface area contributed by atoms with Crippen molar-refractivity contribution in [2.45, 2.75) is 32.2 Å². The van der Waals surface area contributed by atoms with Gasteiger partial charge in [0.25, 0.3) is 0 Å². The van der Waals surface area contributed by atoms with Crippen LogP contribution in [0.4, 0.5) is 0 Å². The molecule has 1 saturated carbocycles. The summed E-state index contributed by atoms with van der Waals surface area (Å²) in [7, 11) is 0. The van der Waals surface area contributed by atoms with E-state index in [1.54, 1.807) is 6.26 Å². The van der Waals surface area contributed by atoms with Gasteiger partial charge in [0.15, 0.2) is 5.76 Å². The van der Waals surface area contributed by atoms with Gasteiger partial charge >= 0.3 is 0 Å². The molecular weight excluding hydrogens is 306 g/mol. The van der Waals surface area contributed by atoms with Crippen molar-refractivity contribution in [2.24, 2.45) is 5.92 Å². The van der Waals surface area contributed by atoms with Crippen LogP contribution in [0.25, 0.3) is 11.5 Å². The van der Waals surface area contributed by atoms with Crippen LogP contribution in [0.5, 0.6) is 0 Å². The summed E-state index contributed by atoms with van der Waals surface area (Å²) in [6, 6.07) is 5.62. The smallest absolute Gasteiger partial charge is 0.225 e. The monoisotopic (exact) mass is 329 g/mol. The number of hydrogen-bond donors (Lipinski definition) is 0. The first-order chi connectivity index (χ1) is 11.8. The van der Waals surface area contributed by atoms with E-state index in [4.69, 9.17) is 8.94 Å². The van der Waals surface area contributed by atoms with Crippen molar-refractivity contribution in [3.8, 4) is 11.5 Å². The molecule has 0 spiro atoms.